The number of halogens is 1. The zero-order valence-electron chi connectivity index (χ0n) is 31.3. The van der Waals surface area contributed by atoms with Crippen molar-refractivity contribution < 1.29 is 23.2 Å². The lowest BCUT2D eigenvalue weighted by Gasteiger charge is -2.39. The third kappa shape index (κ3) is 11.4. The van der Waals surface area contributed by atoms with Crippen molar-refractivity contribution in [1.29, 1.82) is 0 Å². The number of aryl methyl sites for hydroxylation is 1. The molecule has 5 nitrogen and oxygen atoms in total. The topological polar surface area (TPSA) is 61.8 Å². The van der Waals surface area contributed by atoms with E-state index in [9.17, 15) is 9.59 Å². The first kappa shape index (κ1) is 40.7. The summed E-state index contributed by atoms with van der Waals surface area (Å²) in [6.07, 6.45) is 8.63. The number of esters is 1. The predicted molar refractivity (Wildman–Crippen MR) is 208 cm³/mol. The molecule has 266 valence electrons. The summed E-state index contributed by atoms with van der Waals surface area (Å²) in [5.41, 5.74) is -0.437. The molecule has 1 unspecified atom stereocenters. The number of fused-ring (bicyclic) bond motifs is 1. The minimum Gasteiger partial charge on any atom is -0.469 e. The number of unbranched alkanes of at least 4 members (excludes halogenated alkanes) is 1. The van der Waals surface area contributed by atoms with Gasteiger partial charge in [0, 0.05) is 52.5 Å². The molecule has 1 saturated carbocycles. The molecule has 1 aliphatic rings. The Morgan fingerprint density at radius 3 is 2.44 bits per heavy atom. The van der Waals surface area contributed by atoms with Crippen LogP contribution in [0.3, 0.4) is 0 Å². The van der Waals surface area contributed by atoms with Gasteiger partial charge in [0.15, 0.2) is 18.1 Å². The summed E-state index contributed by atoms with van der Waals surface area (Å²) in [4.78, 5) is 26.4. The number of hydrogen-bond acceptors (Lipinski definition) is 6. The number of allylic oxidation sites excluding steroid dienone is 1. The van der Waals surface area contributed by atoms with Crippen LogP contribution >= 0.6 is 22.9 Å². The van der Waals surface area contributed by atoms with Gasteiger partial charge in [-0.2, -0.15) is 0 Å². The third-order valence-electron chi connectivity index (χ3n) is 9.95. The Labute approximate surface area is 303 Å². The van der Waals surface area contributed by atoms with Crippen molar-refractivity contribution in [3.63, 3.8) is 0 Å². The van der Waals surface area contributed by atoms with E-state index in [1.54, 1.807) is 11.3 Å². The number of hydrogen-bond donors (Lipinski definition) is 0. The lowest BCUT2D eigenvalue weighted by atomic mass is 9.78. The van der Waals surface area contributed by atoms with Crippen molar-refractivity contribution in [1.82, 2.24) is 0 Å². The van der Waals surface area contributed by atoms with Crippen LogP contribution in [0.5, 0.6) is 0 Å². The quantitative estimate of drug-likeness (QED) is 0.0637. The maximum atomic E-state index is 13.7. The molecule has 1 fully saturated rings. The number of benzene rings is 1. The fourth-order valence-corrected chi connectivity index (χ4v) is 9.80. The van der Waals surface area contributed by atoms with Crippen LogP contribution in [-0.2, 0) is 29.6 Å². The summed E-state index contributed by atoms with van der Waals surface area (Å²) in [6, 6.07) is 8.31. The van der Waals surface area contributed by atoms with Gasteiger partial charge in [0.05, 0.1) is 23.8 Å². The summed E-state index contributed by atoms with van der Waals surface area (Å²) in [5.74, 6) is 6.37. The smallest absolute Gasteiger partial charge is 0.305 e. The molecule has 0 saturated heterocycles. The van der Waals surface area contributed by atoms with Crippen LogP contribution in [0.2, 0.25) is 28.2 Å². The van der Waals surface area contributed by atoms with Crippen LogP contribution in [-0.4, -0.2) is 48.6 Å². The number of ketones is 1. The van der Waals surface area contributed by atoms with Crippen LogP contribution < -0.4 is 0 Å². The highest BCUT2D eigenvalue weighted by Gasteiger charge is 2.48. The Morgan fingerprint density at radius 1 is 1.12 bits per heavy atom. The molecule has 0 bridgehead atoms. The standard InChI is InChI=1S/C39H59ClO5SSi2/c1-37(2,3)47-45-39(7,8)31-26-32(41)29(18-14-12-13-15-21-35(42)43-9)28(31)24-22-27(44-48(10,11)38(4,5)6)23-25-34-36(40)30-19-16-17-20-33(30)46-34/h16-17,19-20,22,24,27-29,31H,13,15,18,21,23,25-26,47H2,1-11H3/t27?,28-,29-,31-/m1/s1. The molecule has 1 aliphatic carbocycles. The van der Waals surface area contributed by atoms with Crippen molar-refractivity contribution in [3.05, 3.63) is 46.3 Å². The first-order valence-corrected chi connectivity index (χ1v) is 22.9. The van der Waals surface area contributed by atoms with E-state index in [0.717, 1.165) is 23.3 Å². The monoisotopic (exact) mass is 730 g/mol. The highest BCUT2D eigenvalue weighted by molar-refractivity contribution is 7.19. The van der Waals surface area contributed by atoms with Crippen LogP contribution in [0, 0.1) is 29.6 Å². The molecule has 0 aliphatic heterocycles. The lowest BCUT2D eigenvalue weighted by molar-refractivity contribution is -0.140. The van der Waals surface area contributed by atoms with E-state index < -0.39 is 23.7 Å². The van der Waals surface area contributed by atoms with Gasteiger partial charge in [0.2, 0.25) is 0 Å². The molecule has 0 radical (unpaired) electrons. The highest BCUT2D eigenvalue weighted by Crippen LogP contribution is 2.46. The summed E-state index contributed by atoms with van der Waals surface area (Å²) < 4.78 is 19.7. The zero-order chi connectivity index (χ0) is 35.9. The fraction of sp³-hybridized carbons (Fsp3) is 0.641. The van der Waals surface area contributed by atoms with Crippen LogP contribution in [0.1, 0.15) is 98.8 Å². The van der Waals surface area contributed by atoms with Gasteiger partial charge >= 0.3 is 5.97 Å². The number of Topliss-reactive ketones (excluding diaryl/α,β-unsaturated/α-hetero) is 1. The van der Waals surface area contributed by atoms with E-state index in [1.165, 1.54) is 16.7 Å². The van der Waals surface area contributed by atoms with E-state index in [2.05, 4.69) is 111 Å². The molecule has 0 N–H and O–H groups in total. The first-order valence-electron chi connectivity index (χ1n) is 17.5. The average Bonchev–Trinajstić information content (AvgIpc) is 3.49. The molecule has 0 amide bonds. The Balaban J connectivity index is 1.92. The normalized spacial score (nSPS) is 20.2. The maximum Gasteiger partial charge on any atom is 0.305 e. The van der Waals surface area contributed by atoms with E-state index in [4.69, 9.17) is 25.2 Å². The van der Waals surface area contributed by atoms with Crippen molar-refractivity contribution in [2.24, 2.45) is 17.8 Å². The van der Waals surface area contributed by atoms with Crippen molar-refractivity contribution in [2.45, 2.75) is 135 Å². The molecule has 48 heavy (non-hydrogen) atoms. The fourth-order valence-electron chi connectivity index (χ4n) is 5.93. The van der Waals surface area contributed by atoms with Gasteiger partial charge in [-0.25, -0.2) is 0 Å². The van der Waals surface area contributed by atoms with Crippen molar-refractivity contribution >= 4 is 62.9 Å². The summed E-state index contributed by atoms with van der Waals surface area (Å²) in [7, 11) is -1.54. The molecule has 1 aromatic carbocycles. The van der Waals surface area contributed by atoms with Gasteiger partial charge in [-0.3, -0.25) is 9.59 Å². The molecule has 0 spiro atoms. The Morgan fingerprint density at radius 2 is 1.81 bits per heavy atom. The van der Waals surface area contributed by atoms with E-state index >= 15 is 0 Å². The van der Waals surface area contributed by atoms with Gasteiger partial charge in [-0.05, 0) is 68.3 Å². The second kappa shape index (κ2) is 17.0. The van der Waals surface area contributed by atoms with E-state index in [0.29, 0.717) is 32.1 Å². The second-order valence-corrected chi connectivity index (χ2v) is 25.5. The molecular weight excluding hydrogens is 672 g/mol. The molecule has 1 aromatic heterocycles. The second-order valence-electron chi connectivity index (χ2n) is 16.6. The molecular formula is C39H59ClO5SSi2. The van der Waals surface area contributed by atoms with Crippen LogP contribution in [0.25, 0.3) is 10.1 Å². The number of ether oxygens (including phenoxy) is 1. The number of carbonyl (C=O) groups excluding carboxylic acids is 2. The van der Waals surface area contributed by atoms with Gasteiger partial charge in [-0.15, -0.1) is 23.2 Å². The Kier molecular flexibility index (Phi) is 14.4. The lowest BCUT2D eigenvalue weighted by Crippen LogP contribution is -2.43. The van der Waals surface area contributed by atoms with Crippen molar-refractivity contribution in [2.75, 3.05) is 7.11 Å². The predicted octanol–water partition coefficient (Wildman–Crippen LogP) is 10.1. The number of thiophene rings is 1. The SMILES string of the molecule is COC(=O)CCCC#CC[C@H]1C(=O)C[C@@H](C(C)(C)O[SiH2]C(C)(C)C)[C@@H]1C=CC(CCc1sc2ccccc2c1Cl)O[Si](C)(C)C(C)(C)C. The summed E-state index contributed by atoms with van der Waals surface area (Å²) in [6.45, 7) is 22.4. The Hall–Kier alpha value is -1.74. The van der Waals surface area contributed by atoms with Gasteiger partial charge < -0.3 is 13.6 Å². The first-order chi connectivity index (χ1) is 22.3. The molecule has 2 aromatic rings. The molecule has 9 heteroatoms. The van der Waals surface area contributed by atoms with Crippen LogP contribution in [0.4, 0.5) is 0 Å². The number of rotatable bonds is 14. The third-order valence-corrected chi connectivity index (χ3v) is 18.0. The van der Waals surface area contributed by atoms with Gasteiger partial charge in [0.25, 0.3) is 0 Å². The molecule has 1 heterocycles. The van der Waals surface area contributed by atoms with Crippen molar-refractivity contribution in [3.8, 4) is 11.8 Å². The van der Waals surface area contributed by atoms with Gasteiger partial charge in [0.1, 0.15) is 5.78 Å². The van der Waals surface area contributed by atoms with Gasteiger partial charge in [-0.1, -0.05) is 83.5 Å². The van der Waals surface area contributed by atoms with E-state index in [-0.39, 0.29) is 45.7 Å². The summed E-state index contributed by atoms with van der Waals surface area (Å²) in [5, 5.41) is 2.16. The zero-order valence-corrected chi connectivity index (χ0v) is 35.2. The Bertz CT molecular complexity index is 1490. The molecule has 4 atom stereocenters. The number of methoxy groups -OCH3 is 1. The highest BCUT2D eigenvalue weighted by atomic mass is 35.5. The largest absolute Gasteiger partial charge is 0.469 e. The minimum absolute atomic E-state index is 0.00994. The minimum atomic E-state index is -2.11. The number of carbonyl (C=O) groups is 2. The summed E-state index contributed by atoms with van der Waals surface area (Å²) >= 11 is 8.64. The average molecular weight is 732 g/mol. The van der Waals surface area contributed by atoms with Crippen LogP contribution in [0.15, 0.2) is 36.4 Å². The van der Waals surface area contributed by atoms with E-state index in [1.807, 2.05) is 6.07 Å². The maximum absolute atomic E-state index is 13.7. The molecule has 3 rings (SSSR count).